The third-order valence-corrected chi connectivity index (χ3v) is 2.83. The molecule has 5 heteroatoms. The number of amides is 2. The molecular formula is C9H15N3OS. The molecular weight excluding hydrogens is 198 g/mol. The van der Waals surface area contributed by atoms with Crippen LogP contribution in [-0.2, 0) is 6.42 Å². The van der Waals surface area contributed by atoms with E-state index in [1.165, 1.54) is 9.75 Å². The zero-order chi connectivity index (χ0) is 10.6. The van der Waals surface area contributed by atoms with Gasteiger partial charge in [0.2, 0.25) is 0 Å². The van der Waals surface area contributed by atoms with E-state index in [9.17, 15) is 4.79 Å². The van der Waals surface area contributed by atoms with E-state index in [4.69, 9.17) is 5.84 Å². The summed E-state index contributed by atoms with van der Waals surface area (Å²) < 4.78 is 0. The van der Waals surface area contributed by atoms with E-state index in [1.807, 2.05) is 12.3 Å². The first-order valence-electron chi connectivity index (χ1n) is 4.44. The first-order chi connectivity index (χ1) is 6.61. The van der Waals surface area contributed by atoms with Crippen molar-refractivity contribution in [3.05, 3.63) is 21.9 Å². The van der Waals surface area contributed by atoms with Gasteiger partial charge in [-0.2, -0.15) is 0 Å². The Labute approximate surface area is 87.5 Å². The second-order valence-electron chi connectivity index (χ2n) is 3.24. The highest BCUT2D eigenvalue weighted by molar-refractivity contribution is 7.11. The van der Waals surface area contributed by atoms with Crippen molar-refractivity contribution < 1.29 is 4.79 Å². The van der Waals surface area contributed by atoms with Crippen LogP contribution in [0, 0.1) is 6.92 Å². The third-order valence-electron chi connectivity index (χ3n) is 1.81. The Morgan fingerprint density at radius 2 is 2.36 bits per heavy atom. The Morgan fingerprint density at radius 3 is 2.86 bits per heavy atom. The van der Waals surface area contributed by atoms with Crippen LogP contribution in [0.25, 0.3) is 0 Å². The van der Waals surface area contributed by atoms with Gasteiger partial charge in [0.05, 0.1) is 0 Å². The number of hydrogen-bond acceptors (Lipinski definition) is 3. The maximum atomic E-state index is 10.9. The summed E-state index contributed by atoms with van der Waals surface area (Å²) in [5.74, 6) is 4.96. The van der Waals surface area contributed by atoms with Crippen LogP contribution in [-0.4, -0.2) is 12.1 Å². The lowest BCUT2D eigenvalue weighted by Crippen LogP contribution is -2.44. The van der Waals surface area contributed by atoms with Crippen molar-refractivity contribution >= 4 is 17.4 Å². The predicted octanol–water partition coefficient (Wildman–Crippen LogP) is 1.16. The molecule has 0 bridgehead atoms. The topological polar surface area (TPSA) is 67.2 Å². The Morgan fingerprint density at radius 1 is 1.64 bits per heavy atom. The van der Waals surface area contributed by atoms with Crippen LogP contribution >= 0.6 is 11.3 Å². The molecule has 2 amide bonds. The van der Waals surface area contributed by atoms with Crippen molar-refractivity contribution in [2.24, 2.45) is 5.84 Å². The standard InChI is InChI=1S/C9H15N3OS/c1-6(11-9(13)12-10)5-8-4-3-7(2)14-8/h3-4,6H,5,10H2,1-2H3,(H2,11,12,13). The fourth-order valence-corrected chi connectivity index (χ4v) is 2.23. The van der Waals surface area contributed by atoms with Crippen molar-refractivity contribution in [2.75, 3.05) is 0 Å². The van der Waals surface area contributed by atoms with Gasteiger partial charge in [0.25, 0.3) is 0 Å². The lowest BCUT2D eigenvalue weighted by Gasteiger charge is -2.11. The zero-order valence-electron chi connectivity index (χ0n) is 8.33. The summed E-state index contributed by atoms with van der Waals surface area (Å²) in [6.45, 7) is 4.02. The SMILES string of the molecule is Cc1ccc(CC(C)NC(=O)NN)s1. The summed E-state index contributed by atoms with van der Waals surface area (Å²) in [7, 11) is 0. The number of carbonyl (C=O) groups is 1. The molecule has 0 aliphatic rings. The number of urea groups is 1. The van der Waals surface area contributed by atoms with Gasteiger partial charge in [-0.1, -0.05) is 0 Å². The molecule has 1 unspecified atom stereocenters. The molecule has 1 heterocycles. The van der Waals surface area contributed by atoms with Crippen molar-refractivity contribution in [1.82, 2.24) is 10.7 Å². The van der Waals surface area contributed by atoms with Gasteiger partial charge in [-0.25, -0.2) is 10.6 Å². The molecule has 0 radical (unpaired) electrons. The Balaban J connectivity index is 2.41. The maximum absolute atomic E-state index is 10.9. The van der Waals surface area contributed by atoms with Gasteiger partial charge < -0.3 is 5.32 Å². The monoisotopic (exact) mass is 213 g/mol. The van der Waals surface area contributed by atoms with E-state index in [2.05, 4.69) is 24.4 Å². The van der Waals surface area contributed by atoms with Crippen LogP contribution < -0.4 is 16.6 Å². The minimum absolute atomic E-state index is 0.0941. The fraction of sp³-hybridized carbons (Fsp3) is 0.444. The largest absolute Gasteiger partial charge is 0.334 e. The van der Waals surface area contributed by atoms with Crippen LogP contribution in [0.4, 0.5) is 4.79 Å². The Bertz CT molecular complexity index is 311. The zero-order valence-corrected chi connectivity index (χ0v) is 9.15. The van der Waals surface area contributed by atoms with Crippen molar-refractivity contribution in [3.8, 4) is 0 Å². The molecule has 0 aliphatic heterocycles. The maximum Gasteiger partial charge on any atom is 0.329 e. The smallest absolute Gasteiger partial charge is 0.329 e. The number of nitrogens with two attached hydrogens (primary N) is 1. The van der Waals surface area contributed by atoms with E-state index in [1.54, 1.807) is 11.3 Å². The molecule has 0 saturated heterocycles. The molecule has 4 N–H and O–H groups in total. The first-order valence-corrected chi connectivity index (χ1v) is 5.26. The van der Waals surface area contributed by atoms with Gasteiger partial charge in [-0.05, 0) is 26.0 Å². The average molecular weight is 213 g/mol. The molecule has 0 aromatic carbocycles. The van der Waals surface area contributed by atoms with Gasteiger partial charge in [0, 0.05) is 22.2 Å². The first kappa shape index (κ1) is 11.0. The van der Waals surface area contributed by atoms with E-state index in [0.29, 0.717) is 0 Å². The highest BCUT2D eigenvalue weighted by atomic mass is 32.1. The molecule has 1 aromatic heterocycles. The van der Waals surface area contributed by atoms with Crippen LogP contribution in [0.3, 0.4) is 0 Å². The van der Waals surface area contributed by atoms with Gasteiger partial charge in [0.1, 0.15) is 0 Å². The fourth-order valence-electron chi connectivity index (χ4n) is 1.21. The summed E-state index contributed by atoms with van der Waals surface area (Å²) in [6.07, 6.45) is 0.839. The second kappa shape index (κ2) is 4.97. The molecule has 4 nitrogen and oxygen atoms in total. The summed E-state index contributed by atoms with van der Waals surface area (Å²) in [6, 6.07) is 3.91. The van der Waals surface area contributed by atoms with Gasteiger partial charge in [-0.3, -0.25) is 5.43 Å². The Kier molecular flexibility index (Phi) is 3.91. The molecule has 1 rings (SSSR count). The highest BCUT2D eigenvalue weighted by Gasteiger charge is 2.07. The minimum Gasteiger partial charge on any atom is -0.334 e. The van der Waals surface area contributed by atoms with Gasteiger partial charge in [0.15, 0.2) is 0 Å². The minimum atomic E-state index is -0.342. The highest BCUT2D eigenvalue weighted by Crippen LogP contribution is 2.16. The van der Waals surface area contributed by atoms with Crippen LogP contribution in [0.1, 0.15) is 16.7 Å². The van der Waals surface area contributed by atoms with Crippen molar-refractivity contribution in [1.29, 1.82) is 0 Å². The summed E-state index contributed by atoms with van der Waals surface area (Å²) in [4.78, 5) is 13.4. The molecule has 1 atom stereocenters. The molecule has 0 saturated carbocycles. The number of thiophene rings is 1. The van der Waals surface area contributed by atoms with Gasteiger partial charge in [-0.15, -0.1) is 11.3 Å². The molecule has 78 valence electrons. The number of nitrogens with one attached hydrogen (secondary N) is 2. The number of hydrazine groups is 1. The molecule has 0 spiro atoms. The summed E-state index contributed by atoms with van der Waals surface area (Å²) >= 11 is 1.75. The summed E-state index contributed by atoms with van der Waals surface area (Å²) in [5.41, 5.74) is 2.04. The van der Waals surface area contributed by atoms with E-state index < -0.39 is 0 Å². The normalized spacial score (nSPS) is 12.2. The average Bonchev–Trinajstić information content (AvgIpc) is 2.50. The van der Waals surface area contributed by atoms with Crippen molar-refractivity contribution in [2.45, 2.75) is 26.3 Å². The van der Waals surface area contributed by atoms with Gasteiger partial charge >= 0.3 is 6.03 Å². The lowest BCUT2D eigenvalue weighted by molar-refractivity contribution is 0.238. The number of rotatable bonds is 3. The number of hydrogen-bond donors (Lipinski definition) is 3. The lowest BCUT2D eigenvalue weighted by atomic mass is 10.2. The van der Waals surface area contributed by atoms with E-state index in [0.717, 1.165) is 6.42 Å². The quantitative estimate of drug-likeness (QED) is 0.401. The van der Waals surface area contributed by atoms with E-state index >= 15 is 0 Å². The number of carbonyl (C=O) groups excluding carboxylic acids is 1. The predicted molar refractivity (Wildman–Crippen MR) is 58.1 cm³/mol. The Hall–Kier alpha value is -1.07. The van der Waals surface area contributed by atoms with Crippen LogP contribution in [0.2, 0.25) is 0 Å². The second-order valence-corrected chi connectivity index (χ2v) is 4.61. The number of aryl methyl sites for hydroxylation is 1. The summed E-state index contributed by atoms with van der Waals surface area (Å²) in [5, 5.41) is 2.72. The third kappa shape index (κ3) is 3.35. The molecule has 0 fully saturated rings. The van der Waals surface area contributed by atoms with Crippen LogP contribution in [0.5, 0.6) is 0 Å². The van der Waals surface area contributed by atoms with E-state index in [-0.39, 0.29) is 12.1 Å². The van der Waals surface area contributed by atoms with Crippen molar-refractivity contribution in [3.63, 3.8) is 0 Å². The molecule has 0 aliphatic carbocycles. The molecule has 14 heavy (non-hydrogen) atoms. The molecule has 1 aromatic rings. The van der Waals surface area contributed by atoms with Crippen LogP contribution in [0.15, 0.2) is 12.1 Å².